The smallest absolute Gasteiger partial charge is 0.191 e. The van der Waals surface area contributed by atoms with Gasteiger partial charge in [0.1, 0.15) is 0 Å². The molecule has 3 rings (SSSR count). The number of guanidine groups is 1. The van der Waals surface area contributed by atoms with Crippen LogP contribution in [0.4, 0.5) is 0 Å². The van der Waals surface area contributed by atoms with E-state index >= 15 is 0 Å². The predicted molar refractivity (Wildman–Crippen MR) is 79.3 cm³/mol. The summed E-state index contributed by atoms with van der Waals surface area (Å²) in [6.07, 6.45) is 5.08. The molecule has 1 fully saturated rings. The van der Waals surface area contributed by atoms with Gasteiger partial charge in [-0.2, -0.15) is 0 Å². The minimum atomic E-state index is 0.137. The first-order valence-electron chi connectivity index (χ1n) is 7.40. The van der Waals surface area contributed by atoms with Crippen molar-refractivity contribution < 1.29 is 0 Å². The van der Waals surface area contributed by atoms with Crippen molar-refractivity contribution in [3.05, 3.63) is 35.9 Å². The van der Waals surface area contributed by atoms with Crippen molar-refractivity contribution in [3.8, 4) is 0 Å². The maximum Gasteiger partial charge on any atom is 0.191 e. The molecular weight excluding hydrogens is 234 g/mol. The number of hydrogen-bond donors (Lipinski definition) is 1. The highest BCUT2D eigenvalue weighted by Crippen LogP contribution is 2.46. The first-order chi connectivity index (χ1) is 9.28. The number of aliphatic imine (C=N–C) groups is 1. The number of nitrogens with two attached hydrogens (primary N) is 1. The van der Waals surface area contributed by atoms with E-state index in [0.717, 1.165) is 19.0 Å². The van der Waals surface area contributed by atoms with Gasteiger partial charge in [-0.25, -0.2) is 0 Å². The summed E-state index contributed by atoms with van der Waals surface area (Å²) in [6.45, 7) is 4.01. The van der Waals surface area contributed by atoms with E-state index in [0.29, 0.717) is 5.92 Å². The fourth-order valence-electron chi connectivity index (χ4n) is 3.99. The molecule has 1 spiro atoms. The average Bonchev–Trinajstić information content (AvgIpc) is 2.77. The second-order valence-electron chi connectivity index (χ2n) is 5.73. The van der Waals surface area contributed by atoms with E-state index in [1.54, 1.807) is 0 Å². The largest absolute Gasteiger partial charge is 0.370 e. The first-order valence-corrected chi connectivity index (χ1v) is 7.40. The molecule has 19 heavy (non-hydrogen) atoms. The number of hydrogen-bond acceptors (Lipinski definition) is 3. The second kappa shape index (κ2) is 4.87. The Morgan fingerprint density at radius 3 is 2.84 bits per heavy atom. The summed E-state index contributed by atoms with van der Waals surface area (Å²) in [5, 5.41) is 0. The van der Waals surface area contributed by atoms with Crippen LogP contribution < -0.4 is 5.73 Å². The molecule has 0 saturated heterocycles. The van der Waals surface area contributed by atoms with Gasteiger partial charge in [0.25, 0.3) is 0 Å². The number of rotatable bonds is 2. The molecule has 1 saturated carbocycles. The fourth-order valence-corrected chi connectivity index (χ4v) is 3.99. The molecule has 2 atom stereocenters. The van der Waals surface area contributed by atoms with Crippen LogP contribution in [0.3, 0.4) is 0 Å². The van der Waals surface area contributed by atoms with E-state index < -0.39 is 0 Å². The summed E-state index contributed by atoms with van der Waals surface area (Å²) < 4.78 is 0. The van der Waals surface area contributed by atoms with Crippen molar-refractivity contribution in [2.24, 2.45) is 10.7 Å². The van der Waals surface area contributed by atoms with Gasteiger partial charge in [0.15, 0.2) is 5.96 Å². The lowest BCUT2D eigenvalue weighted by molar-refractivity contribution is 0.118. The monoisotopic (exact) mass is 257 g/mol. The molecule has 3 heteroatoms. The fraction of sp³-hybridized carbons (Fsp3) is 0.562. The Hall–Kier alpha value is -1.51. The van der Waals surface area contributed by atoms with Crippen molar-refractivity contribution in [2.75, 3.05) is 13.1 Å². The molecule has 0 bridgehead atoms. The van der Waals surface area contributed by atoms with Gasteiger partial charge in [0, 0.05) is 12.5 Å². The average molecular weight is 257 g/mol. The lowest BCUT2D eigenvalue weighted by Crippen LogP contribution is -2.56. The Labute approximate surface area is 115 Å². The predicted octanol–water partition coefficient (Wildman–Crippen LogP) is 2.73. The Kier molecular flexibility index (Phi) is 3.21. The van der Waals surface area contributed by atoms with Crippen molar-refractivity contribution in [1.82, 2.24) is 4.90 Å². The minimum absolute atomic E-state index is 0.137. The molecule has 1 aliphatic carbocycles. The van der Waals surface area contributed by atoms with Crippen LogP contribution in [0.5, 0.6) is 0 Å². The van der Waals surface area contributed by atoms with Gasteiger partial charge in [0.2, 0.25) is 0 Å². The zero-order valence-electron chi connectivity index (χ0n) is 11.7. The minimum Gasteiger partial charge on any atom is -0.370 e. The normalized spacial score (nSPS) is 30.7. The van der Waals surface area contributed by atoms with Gasteiger partial charge >= 0.3 is 0 Å². The maximum absolute atomic E-state index is 6.11. The Morgan fingerprint density at radius 2 is 2.11 bits per heavy atom. The van der Waals surface area contributed by atoms with E-state index in [9.17, 15) is 0 Å². The van der Waals surface area contributed by atoms with Crippen LogP contribution in [-0.2, 0) is 0 Å². The highest BCUT2D eigenvalue weighted by atomic mass is 15.4. The van der Waals surface area contributed by atoms with E-state index in [1.165, 1.54) is 31.2 Å². The third-order valence-electron chi connectivity index (χ3n) is 4.85. The van der Waals surface area contributed by atoms with Crippen molar-refractivity contribution >= 4 is 5.96 Å². The number of benzene rings is 1. The summed E-state index contributed by atoms with van der Waals surface area (Å²) in [4.78, 5) is 6.91. The molecule has 1 aromatic carbocycles. The van der Waals surface area contributed by atoms with Crippen LogP contribution >= 0.6 is 0 Å². The molecule has 2 N–H and O–H groups in total. The number of likely N-dealkylation sites (N-methyl/N-ethyl adjacent to an activating group) is 1. The SMILES string of the molecule is CCN1C(N)=NCC12CCCCC2c1ccccc1. The van der Waals surface area contributed by atoms with Crippen LogP contribution in [0.15, 0.2) is 35.3 Å². The molecule has 102 valence electrons. The molecule has 0 aromatic heterocycles. The van der Waals surface area contributed by atoms with Crippen molar-refractivity contribution in [1.29, 1.82) is 0 Å². The maximum atomic E-state index is 6.11. The summed E-state index contributed by atoms with van der Waals surface area (Å²) in [5.41, 5.74) is 7.70. The standard InChI is InChI=1S/C16H23N3/c1-2-19-15(17)18-12-16(19)11-7-6-10-14(16)13-8-4-3-5-9-13/h3-5,8-9,14H,2,6-7,10-12H2,1H3,(H2,17,18). The van der Waals surface area contributed by atoms with Crippen LogP contribution in [0.1, 0.15) is 44.1 Å². The van der Waals surface area contributed by atoms with Gasteiger partial charge in [0.05, 0.1) is 12.1 Å². The van der Waals surface area contributed by atoms with Crippen molar-refractivity contribution in [3.63, 3.8) is 0 Å². The molecule has 1 aliphatic heterocycles. The summed E-state index contributed by atoms with van der Waals surface area (Å²) in [5.74, 6) is 1.30. The van der Waals surface area contributed by atoms with Crippen LogP contribution in [0, 0.1) is 0 Å². The zero-order valence-corrected chi connectivity index (χ0v) is 11.7. The topological polar surface area (TPSA) is 41.6 Å². The second-order valence-corrected chi connectivity index (χ2v) is 5.73. The molecule has 1 heterocycles. The van der Waals surface area contributed by atoms with E-state index in [2.05, 4.69) is 47.1 Å². The highest BCUT2D eigenvalue weighted by molar-refractivity contribution is 5.81. The van der Waals surface area contributed by atoms with Gasteiger partial charge < -0.3 is 10.6 Å². The summed E-state index contributed by atoms with van der Waals surface area (Å²) in [6, 6.07) is 10.9. The van der Waals surface area contributed by atoms with Gasteiger partial charge in [-0.1, -0.05) is 43.2 Å². The lowest BCUT2D eigenvalue weighted by atomic mass is 9.69. The van der Waals surface area contributed by atoms with E-state index in [-0.39, 0.29) is 5.54 Å². The third-order valence-corrected chi connectivity index (χ3v) is 4.85. The third kappa shape index (κ3) is 1.92. The van der Waals surface area contributed by atoms with Crippen LogP contribution in [-0.4, -0.2) is 29.5 Å². The van der Waals surface area contributed by atoms with E-state index in [1.807, 2.05) is 0 Å². The molecule has 2 unspecified atom stereocenters. The van der Waals surface area contributed by atoms with Crippen LogP contribution in [0.25, 0.3) is 0 Å². The van der Waals surface area contributed by atoms with Gasteiger partial charge in [-0.05, 0) is 25.3 Å². The Morgan fingerprint density at radius 1 is 1.32 bits per heavy atom. The molecule has 0 radical (unpaired) electrons. The summed E-state index contributed by atoms with van der Waals surface area (Å²) in [7, 11) is 0. The van der Waals surface area contributed by atoms with Gasteiger partial charge in [-0.15, -0.1) is 0 Å². The molecule has 1 aromatic rings. The molecular formula is C16H23N3. The number of nitrogens with zero attached hydrogens (tertiary/aromatic N) is 2. The van der Waals surface area contributed by atoms with Gasteiger partial charge in [-0.3, -0.25) is 4.99 Å². The van der Waals surface area contributed by atoms with Crippen molar-refractivity contribution in [2.45, 2.75) is 44.1 Å². The Balaban J connectivity index is 1.98. The lowest BCUT2D eigenvalue weighted by Gasteiger charge is -2.47. The first kappa shape index (κ1) is 12.5. The highest BCUT2D eigenvalue weighted by Gasteiger charge is 2.49. The quantitative estimate of drug-likeness (QED) is 0.885. The zero-order chi connectivity index (χ0) is 13.3. The van der Waals surface area contributed by atoms with Crippen LogP contribution in [0.2, 0.25) is 0 Å². The Bertz CT molecular complexity index is 468. The molecule has 0 amide bonds. The molecule has 2 aliphatic rings. The summed E-state index contributed by atoms with van der Waals surface area (Å²) >= 11 is 0. The molecule has 3 nitrogen and oxygen atoms in total. The van der Waals surface area contributed by atoms with E-state index in [4.69, 9.17) is 5.73 Å².